The van der Waals surface area contributed by atoms with Crippen LogP contribution in [0, 0.1) is 16.0 Å². The molecule has 1 heterocycles. The van der Waals surface area contributed by atoms with Crippen LogP contribution in [0.1, 0.15) is 39.5 Å². The van der Waals surface area contributed by atoms with Gasteiger partial charge in [0.15, 0.2) is 11.0 Å². The van der Waals surface area contributed by atoms with E-state index in [2.05, 4.69) is 22.4 Å². The first-order chi connectivity index (χ1) is 13.5. The maximum Gasteiger partial charge on any atom is 0.270 e. The molecule has 8 nitrogen and oxygen atoms in total. The third-order valence-corrected chi connectivity index (χ3v) is 6.11. The molecule has 0 radical (unpaired) electrons. The minimum Gasteiger partial charge on any atom is -0.352 e. The third-order valence-electron chi connectivity index (χ3n) is 5.14. The topological polar surface area (TPSA) is 103 Å². The Labute approximate surface area is 168 Å². The van der Waals surface area contributed by atoms with Crippen molar-refractivity contribution in [2.75, 3.05) is 5.75 Å². The number of nitrogens with one attached hydrogen (secondary N) is 1. The van der Waals surface area contributed by atoms with E-state index >= 15 is 0 Å². The van der Waals surface area contributed by atoms with Crippen LogP contribution in [0.4, 0.5) is 5.69 Å². The Bertz CT molecular complexity index is 854. The Morgan fingerprint density at radius 2 is 2.14 bits per heavy atom. The monoisotopic (exact) mass is 403 g/mol. The summed E-state index contributed by atoms with van der Waals surface area (Å²) in [5.74, 6) is 1.36. The van der Waals surface area contributed by atoms with Gasteiger partial charge in [0.25, 0.3) is 5.69 Å². The molecule has 1 aliphatic carbocycles. The molecular weight excluding hydrogens is 378 g/mol. The fourth-order valence-electron chi connectivity index (χ4n) is 3.56. The molecule has 1 N–H and O–H groups in total. The van der Waals surface area contributed by atoms with E-state index in [1.54, 1.807) is 12.1 Å². The van der Waals surface area contributed by atoms with Gasteiger partial charge >= 0.3 is 0 Å². The van der Waals surface area contributed by atoms with Gasteiger partial charge in [-0.2, -0.15) is 0 Å². The number of non-ortho nitro benzene ring substituents is 1. The molecule has 0 bridgehead atoms. The largest absolute Gasteiger partial charge is 0.352 e. The Morgan fingerprint density at radius 1 is 1.36 bits per heavy atom. The number of hydrogen-bond donors (Lipinski definition) is 1. The highest BCUT2D eigenvalue weighted by Gasteiger charge is 2.23. The summed E-state index contributed by atoms with van der Waals surface area (Å²) >= 11 is 1.34. The highest BCUT2D eigenvalue weighted by Crippen LogP contribution is 2.27. The summed E-state index contributed by atoms with van der Waals surface area (Å²) in [7, 11) is 0. The van der Waals surface area contributed by atoms with Crippen LogP contribution in [0.5, 0.6) is 0 Å². The molecule has 1 amide bonds. The number of aromatic nitrogens is 3. The molecule has 1 saturated carbocycles. The number of nitro benzene ring substituents is 1. The van der Waals surface area contributed by atoms with Crippen LogP contribution in [0.3, 0.4) is 0 Å². The SMILES string of the molecule is CCn1c(SCC(=O)N[C@@H]2CCCC[C@@H]2C)nnc1-c1cccc([N+](=O)[O-])c1. The van der Waals surface area contributed by atoms with Gasteiger partial charge in [0.2, 0.25) is 5.91 Å². The van der Waals surface area contributed by atoms with Crippen molar-refractivity contribution in [1.82, 2.24) is 20.1 Å². The first kappa shape index (κ1) is 20.3. The summed E-state index contributed by atoms with van der Waals surface area (Å²) in [6.45, 7) is 4.75. The van der Waals surface area contributed by atoms with E-state index in [1.165, 1.54) is 36.7 Å². The van der Waals surface area contributed by atoms with E-state index in [9.17, 15) is 14.9 Å². The van der Waals surface area contributed by atoms with E-state index in [4.69, 9.17) is 0 Å². The Hall–Kier alpha value is -2.42. The molecule has 1 aromatic heterocycles. The van der Waals surface area contributed by atoms with Crippen LogP contribution in [-0.2, 0) is 11.3 Å². The van der Waals surface area contributed by atoms with Gasteiger partial charge in [-0.1, -0.05) is 43.7 Å². The molecule has 2 aromatic rings. The van der Waals surface area contributed by atoms with E-state index in [-0.39, 0.29) is 23.4 Å². The van der Waals surface area contributed by atoms with Crippen LogP contribution in [0.25, 0.3) is 11.4 Å². The molecule has 1 aromatic carbocycles. The van der Waals surface area contributed by atoms with Gasteiger partial charge in [-0.25, -0.2) is 0 Å². The summed E-state index contributed by atoms with van der Waals surface area (Å²) in [6.07, 6.45) is 4.61. The molecule has 9 heteroatoms. The van der Waals surface area contributed by atoms with Gasteiger partial charge in [-0.3, -0.25) is 14.9 Å². The van der Waals surface area contributed by atoms with Gasteiger partial charge in [0, 0.05) is 30.3 Å². The van der Waals surface area contributed by atoms with Crippen molar-refractivity contribution in [3.8, 4) is 11.4 Å². The number of amides is 1. The fraction of sp³-hybridized carbons (Fsp3) is 0.526. The maximum atomic E-state index is 12.4. The predicted molar refractivity (Wildman–Crippen MR) is 108 cm³/mol. The molecule has 28 heavy (non-hydrogen) atoms. The average Bonchev–Trinajstić information content (AvgIpc) is 3.11. The minimum atomic E-state index is -0.428. The highest BCUT2D eigenvalue weighted by molar-refractivity contribution is 7.99. The van der Waals surface area contributed by atoms with Gasteiger partial charge in [0.05, 0.1) is 10.7 Å². The molecule has 1 fully saturated rings. The summed E-state index contributed by atoms with van der Waals surface area (Å²) in [4.78, 5) is 23.0. The maximum absolute atomic E-state index is 12.4. The van der Waals surface area contributed by atoms with E-state index < -0.39 is 4.92 Å². The lowest BCUT2D eigenvalue weighted by Gasteiger charge is -2.29. The molecule has 150 valence electrons. The fourth-order valence-corrected chi connectivity index (χ4v) is 4.38. The van der Waals surface area contributed by atoms with Crippen LogP contribution >= 0.6 is 11.8 Å². The standard InChI is InChI=1S/C19H25N5O3S/c1-3-23-18(14-8-6-9-15(11-14)24(26)27)21-22-19(23)28-12-17(25)20-16-10-5-4-7-13(16)2/h6,8-9,11,13,16H,3-5,7,10,12H2,1-2H3,(H,20,25)/t13-,16+/m0/s1. The normalized spacial score (nSPS) is 19.4. The van der Waals surface area contributed by atoms with E-state index in [0.717, 1.165) is 12.8 Å². The third kappa shape index (κ3) is 4.70. The van der Waals surface area contributed by atoms with Crippen LogP contribution in [-0.4, -0.2) is 37.4 Å². The van der Waals surface area contributed by atoms with Gasteiger partial charge < -0.3 is 9.88 Å². The first-order valence-corrected chi connectivity index (χ1v) is 10.6. The van der Waals surface area contributed by atoms with E-state index in [0.29, 0.717) is 29.0 Å². The van der Waals surface area contributed by atoms with Crippen molar-refractivity contribution in [3.05, 3.63) is 34.4 Å². The van der Waals surface area contributed by atoms with Gasteiger partial charge in [-0.15, -0.1) is 10.2 Å². The minimum absolute atomic E-state index is 0.00584. The zero-order valence-corrected chi connectivity index (χ0v) is 16.9. The molecule has 1 aliphatic rings. The predicted octanol–water partition coefficient (Wildman–Crippen LogP) is 3.66. The second-order valence-corrected chi connectivity index (χ2v) is 8.02. The van der Waals surface area contributed by atoms with Crippen molar-refractivity contribution >= 4 is 23.4 Å². The van der Waals surface area contributed by atoms with Crippen LogP contribution in [0.15, 0.2) is 29.4 Å². The Kier molecular flexibility index (Phi) is 6.66. The lowest BCUT2D eigenvalue weighted by atomic mass is 9.86. The van der Waals surface area contributed by atoms with Crippen LogP contribution in [0.2, 0.25) is 0 Å². The van der Waals surface area contributed by atoms with Crippen molar-refractivity contribution in [3.63, 3.8) is 0 Å². The summed E-state index contributed by atoms with van der Waals surface area (Å²) < 4.78 is 1.88. The average molecular weight is 404 g/mol. The second kappa shape index (κ2) is 9.18. The van der Waals surface area contributed by atoms with Gasteiger partial charge in [0.1, 0.15) is 0 Å². The zero-order valence-electron chi connectivity index (χ0n) is 16.1. The van der Waals surface area contributed by atoms with Crippen molar-refractivity contribution in [2.24, 2.45) is 5.92 Å². The quantitative estimate of drug-likeness (QED) is 0.430. The molecule has 0 saturated heterocycles. The summed E-state index contributed by atoms with van der Waals surface area (Å²) in [6, 6.07) is 6.60. The number of benzene rings is 1. The number of hydrogen-bond acceptors (Lipinski definition) is 6. The molecule has 0 unspecified atom stereocenters. The van der Waals surface area contributed by atoms with E-state index in [1.807, 2.05) is 11.5 Å². The van der Waals surface area contributed by atoms with Crippen molar-refractivity contribution < 1.29 is 9.72 Å². The number of nitrogens with zero attached hydrogens (tertiary/aromatic N) is 4. The summed E-state index contributed by atoms with van der Waals surface area (Å²) in [5.41, 5.74) is 0.647. The molecule has 2 atom stereocenters. The highest BCUT2D eigenvalue weighted by atomic mass is 32.2. The molecular formula is C19H25N5O3S. The van der Waals surface area contributed by atoms with Crippen molar-refractivity contribution in [2.45, 2.75) is 57.3 Å². The molecule has 0 aliphatic heterocycles. The first-order valence-electron chi connectivity index (χ1n) is 9.59. The number of carbonyl (C=O) groups excluding carboxylic acids is 1. The number of thioether (sulfide) groups is 1. The lowest BCUT2D eigenvalue weighted by molar-refractivity contribution is -0.384. The van der Waals surface area contributed by atoms with Crippen molar-refractivity contribution in [1.29, 1.82) is 0 Å². The Balaban J connectivity index is 1.67. The molecule has 3 rings (SSSR count). The summed E-state index contributed by atoms with van der Waals surface area (Å²) in [5, 5.41) is 23.2. The zero-order chi connectivity index (χ0) is 20.1. The molecule has 0 spiro atoms. The lowest BCUT2D eigenvalue weighted by Crippen LogP contribution is -2.41. The second-order valence-electron chi connectivity index (χ2n) is 7.08. The number of rotatable bonds is 7. The van der Waals surface area contributed by atoms with Crippen LogP contribution < -0.4 is 5.32 Å². The number of carbonyl (C=O) groups is 1. The Morgan fingerprint density at radius 3 is 2.86 bits per heavy atom. The van der Waals surface area contributed by atoms with Gasteiger partial charge in [-0.05, 0) is 25.7 Å². The smallest absolute Gasteiger partial charge is 0.270 e. The number of nitro groups is 1.